The van der Waals surface area contributed by atoms with E-state index in [0.717, 1.165) is 44.9 Å². The second kappa shape index (κ2) is 70.6. The molecule has 0 radical (unpaired) electrons. The average molecular weight is 1140 g/mol. The van der Waals surface area contributed by atoms with Crippen molar-refractivity contribution >= 4 is 11.9 Å². The number of rotatable bonds is 69. The molecule has 0 aromatic heterocycles. The van der Waals surface area contributed by atoms with Crippen molar-refractivity contribution in [3.05, 3.63) is 36.5 Å². The summed E-state index contributed by atoms with van der Waals surface area (Å²) < 4.78 is 5.47. The molecule has 0 aromatic rings. The first-order valence-corrected chi connectivity index (χ1v) is 36.8. The number of aliphatic hydroxyl groups is 2. The zero-order valence-electron chi connectivity index (χ0n) is 54.8. The van der Waals surface area contributed by atoms with Crippen LogP contribution in [0.25, 0.3) is 0 Å². The van der Waals surface area contributed by atoms with Crippen LogP contribution in [0.3, 0.4) is 0 Å². The Morgan fingerprint density at radius 3 is 0.914 bits per heavy atom. The van der Waals surface area contributed by atoms with E-state index in [0.29, 0.717) is 19.4 Å². The van der Waals surface area contributed by atoms with E-state index < -0.39 is 12.1 Å². The van der Waals surface area contributed by atoms with Crippen LogP contribution in [0.2, 0.25) is 0 Å². The minimum Gasteiger partial charge on any atom is -0.466 e. The maximum atomic E-state index is 12.5. The third-order valence-electron chi connectivity index (χ3n) is 17.1. The van der Waals surface area contributed by atoms with Crippen molar-refractivity contribution in [2.75, 3.05) is 13.2 Å². The van der Waals surface area contributed by atoms with Crippen LogP contribution in [0.1, 0.15) is 406 Å². The van der Waals surface area contributed by atoms with Gasteiger partial charge in [0.1, 0.15) is 0 Å². The van der Waals surface area contributed by atoms with Gasteiger partial charge < -0.3 is 20.3 Å². The van der Waals surface area contributed by atoms with Crippen molar-refractivity contribution in [3.8, 4) is 0 Å². The molecule has 3 N–H and O–H groups in total. The number of allylic oxidation sites excluding steroid dienone is 5. The molecule has 0 bridgehead atoms. The number of ether oxygens (including phenoxy) is 1. The molecule has 2 unspecified atom stereocenters. The summed E-state index contributed by atoms with van der Waals surface area (Å²) in [6.45, 7) is 4.89. The lowest BCUT2D eigenvalue weighted by Crippen LogP contribution is -2.45. The van der Waals surface area contributed by atoms with Gasteiger partial charge in [0.25, 0.3) is 0 Å². The molecule has 0 aliphatic carbocycles. The van der Waals surface area contributed by atoms with Crippen LogP contribution in [-0.4, -0.2) is 47.4 Å². The van der Waals surface area contributed by atoms with Crippen LogP contribution < -0.4 is 5.32 Å². The summed E-state index contributed by atoms with van der Waals surface area (Å²) in [6.07, 6.45) is 91.2. The summed E-state index contributed by atoms with van der Waals surface area (Å²) in [5.41, 5.74) is 0. The van der Waals surface area contributed by atoms with Gasteiger partial charge in [-0.3, -0.25) is 9.59 Å². The third kappa shape index (κ3) is 67.1. The van der Waals surface area contributed by atoms with Crippen LogP contribution in [-0.2, 0) is 14.3 Å². The summed E-state index contributed by atoms with van der Waals surface area (Å²) in [5.74, 6) is -0.0503. The lowest BCUT2D eigenvalue weighted by atomic mass is 10.0. The molecule has 1 amide bonds. The maximum Gasteiger partial charge on any atom is 0.305 e. The van der Waals surface area contributed by atoms with Crippen LogP contribution in [0.15, 0.2) is 36.5 Å². The molecule has 81 heavy (non-hydrogen) atoms. The number of nitrogens with one attached hydrogen (secondary N) is 1. The van der Waals surface area contributed by atoms with Crippen LogP contribution >= 0.6 is 0 Å². The smallest absolute Gasteiger partial charge is 0.305 e. The van der Waals surface area contributed by atoms with Gasteiger partial charge >= 0.3 is 5.97 Å². The van der Waals surface area contributed by atoms with E-state index in [-0.39, 0.29) is 18.5 Å². The molecule has 0 saturated heterocycles. The van der Waals surface area contributed by atoms with E-state index in [9.17, 15) is 19.8 Å². The van der Waals surface area contributed by atoms with E-state index in [1.54, 1.807) is 6.08 Å². The normalized spacial score (nSPS) is 12.7. The van der Waals surface area contributed by atoms with Crippen LogP contribution in [0, 0.1) is 0 Å². The summed E-state index contributed by atoms with van der Waals surface area (Å²) in [5, 5.41) is 23.2. The summed E-state index contributed by atoms with van der Waals surface area (Å²) in [4.78, 5) is 24.5. The zero-order chi connectivity index (χ0) is 58.5. The number of aliphatic hydroxyl groups excluding tert-OH is 2. The van der Waals surface area contributed by atoms with Gasteiger partial charge in [-0.25, -0.2) is 0 Å². The van der Waals surface area contributed by atoms with Gasteiger partial charge in [-0.2, -0.15) is 0 Å². The summed E-state index contributed by atoms with van der Waals surface area (Å²) in [6, 6.07) is -0.624. The summed E-state index contributed by atoms with van der Waals surface area (Å²) >= 11 is 0. The first-order chi connectivity index (χ1) is 40.0. The van der Waals surface area contributed by atoms with E-state index in [4.69, 9.17) is 4.74 Å². The Bertz CT molecular complexity index is 1310. The highest BCUT2D eigenvalue weighted by molar-refractivity contribution is 5.76. The van der Waals surface area contributed by atoms with Gasteiger partial charge in [0.15, 0.2) is 0 Å². The molecule has 0 fully saturated rings. The molecule has 6 heteroatoms. The number of esters is 1. The van der Waals surface area contributed by atoms with Gasteiger partial charge in [0.2, 0.25) is 5.91 Å². The van der Waals surface area contributed by atoms with Crippen molar-refractivity contribution in [2.45, 2.75) is 418 Å². The average Bonchev–Trinajstić information content (AvgIpc) is 3.47. The number of hydrogen-bond donors (Lipinski definition) is 3. The molecule has 2 atom stereocenters. The van der Waals surface area contributed by atoms with Crippen LogP contribution in [0.5, 0.6) is 0 Å². The molecule has 0 rings (SSSR count). The molecule has 0 heterocycles. The molecule has 0 aliphatic heterocycles. The molecule has 0 spiro atoms. The van der Waals surface area contributed by atoms with Gasteiger partial charge in [-0.05, 0) is 77.0 Å². The Labute approximate surface area is 506 Å². The van der Waals surface area contributed by atoms with Crippen molar-refractivity contribution in [2.24, 2.45) is 0 Å². The summed E-state index contributed by atoms with van der Waals surface area (Å²) in [7, 11) is 0. The molecule has 0 aliphatic rings. The predicted octanol–water partition coefficient (Wildman–Crippen LogP) is 23.9. The Balaban J connectivity index is 3.33. The third-order valence-corrected chi connectivity index (χ3v) is 17.1. The monoisotopic (exact) mass is 1140 g/mol. The van der Waals surface area contributed by atoms with Crippen molar-refractivity contribution in [1.29, 1.82) is 0 Å². The fraction of sp³-hybridized carbons (Fsp3) is 0.893. The molecule has 478 valence electrons. The van der Waals surface area contributed by atoms with Crippen LogP contribution in [0.4, 0.5) is 0 Å². The topological polar surface area (TPSA) is 95.9 Å². The largest absolute Gasteiger partial charge is 0.466 e. The number of hydrogen-bond acceptors (Lipinski definition) is 5. The Morgan fingerprint density at radius 2 is 0.593 bits per heavy atom. The first-order valence-electron chi connectivity index (χ1n) is 36.8. The second-order valence-corrected chi connectivity index (χ2v) is 25.3. The number of carbonyl (C=O) groups excluding carboxylic acids is 2. The number of amides is 1. The van der Waals surface area contributed by atoms with Crippen molar-refractivity contribution in [3.63, 3.8) is 0 Å². The molecular weight excluding hydrogens is 995 g/mol. The lowest BCUT2D eigenvalue weighted by Gasteiger charge is -2.20. The highest BCUT2D eigenvalue weighted by atomic mass is 16.5. The van der Waals surface area contributed by atoms with Gasteiger partial charge in [-0.15, -0.1) is 0 Å². The Kier molecular flexibility index (Phi) is 68.9. The standard InChI is InChI=1S/C75H143NO5/c1-3-5-7-9-11-13-15-16-44-48-51-55-59-63-67-73(78)72(71-77)76-74(79)68-64-60-56-52-49-45-42-40-38-36-34-32-30-28-26-24-22-20-18-17-19-21-23-25-27-29-31-33-35-37-39-41-43-46-50-54-58-62-66-70-81-75(80)69-65-61-57-53-47-14-12-10-8-6-4-2/h10,12,17-18,63,67,72-73,77-78H,3-9,11,13-16,19-62,64-66,68-71H2,1-2H3,(H,76,79)/b12-10-,18-17-,67-63+. The van der Waals surface area contributed by atoms with Gasteiger partial charge in [-0.1, -0.05) is 352 Å². The number of carbonyl (C=O) groups is 2. The quantitative estimate of drug-likeness (QED) is 0.0320. The zero-order valence-corrected chi connectivity index (χ0v) is 54.8. The minimum atomic E-state index is -0.841. The first kappa shape index (κ1) is 79.1. The highest BCUT2D eigenvalue weighted by Crippen LogP contribution is 2.19. The fourth-order valence-electron chi connectivity index (χ4n) is 11.5. The van der Waals surface area contributed by atoms with E-state index in [1.165, 1.54) is 334 Å². The van der Waals surface area contributed by atoms with E-state index in [1.807, 2.05) is 6.08 Å². The minimum absolute atomic E-state index is 0.0114. The second-order valence-electron chi connectivity index (χ2n) is 25.3. The molecule has 6 nitrogen and oxygen atoms in total. The van der Waals surface area contributed by atoms with E-state index in [2.05, 4.69) is 43.5 Å². The number of unbranched alkanes of at least 4 members (excludes halogenated alkanes) is 54. The molecular formula is C75H143NO5. The predicted molar refractivity (Wildman–Crippen MR) is 356 cm³/mol. The Hall–Kier alpha value is -1.92. The lowest BCUT2D eigenvalue weighted by molar-refractivity contribution is -0.143. The molecule has 0 saturated carbocycles. The molecule has 0 aromatic carbocycles. The van der Waals surface area contributed by atoms with Crippen molar-refractivity contribution < 1.29 is 24.5 Å². The SMILES string of the molecule is CCCC/C=C\CCCCCCCC(=O)OCCCCCCCCCCCCCCCCCCCC/C=C\CCCCCCCCCCCCCCCCCCCC(=O)NC(CO)C(O)/C=C/CCCCCCCCCCCCCC. The Morgan fingerprint density at radius 1 is 0.333 bits per heavy atom. The van der Waals surface area contributed by atoms with Gasteiger partial charge in [0, 0.05) is 12.8 Å². The maximum absolute atomic E-state index is 12.5. The van der Waals surface area contributed by atoms with E-state index >= 15 is 0 Å². The highest BCUT2D eigenvalue weighted by Gasteiger charge is 2.18. The van der Waals surface area contributed by atoms with Gasteiger partial charge in [0.05, 0.1) is 25.4 Å². The van der Waals surface area contributed by atoms with Crippen molar-refractivity contribution in [1.82, 2.24) is 5.32 Å². The fourth-order valence-corrected chi connectivity index (χ4v) is 11.5.